The zero-order chi connectivity index (χ0) is 15.7. The van der Waals surface area contributed by atoms with Gasteiger partial charge in [-0.15, -0.1) is 0 Å². The lowest BCUT2D eigenvalue weighted by molar-refractivity contribution is -0.131. The van der Waals surface area contributed by atoms with Crippen molar-refractivity contribution in [2.75, 3.05) is 19.8 Å². The van der Waals surface area contributed by atoms with Crippen molar-refractivity contribution in [3.05, 3.63) is 0 Å². The van der Waals surface area contributed by atoms with Gasteiger partial charge < -0.3 is 31.9 Å². The van der Waals surface area contributed by atoms with Gasteiger partial charge in [0.15, 0.2) is 0 Å². The van der Waals surface area contributed by atoms with Gasteiger partial charge in [0.05, 0.1) is 19.8 Å². The zero-order valence-electron chi connectivity index (χ0n) is 10.9. The monoisotopic (exact) mass is 290 g/mol. The van der Waals surface area contributed by atoms with Crippen LogP contribution in [0.25, 0.3) is 0 Å². The first-order chi connectivity index (χ1) is 9.31. The Bertz CT molecular complexity index is 386. The lowest BCUT2D eigenvalue weighted by atomic mass is 10.2. The summed E-state index contributed by atoms with van der Waals surface area (Å²) < 4.78 is 0. The smallest absolute Gasteiger partial charge is 0.245 e. The molecular formula is C10H18N4O6. The highest BCUT2D eigenvalue weighted by molar-refractivity contribution is 5.92. The van der Waals surface area contributed by atoms with Crippen LogP contribution in [-0.2, 0) is 19.2 Å². The molecule has 0 aromatic heterocycles. The van der Waals surface area contributed by atoms with E-state index in [-0.39, 0.29) is 0 Å². The van der Waals surface area contributed by atoms with Crippen molar-refractivity contribution in [3.63, 3.8) is 0 Å². The van der Waals surface area contributed by atoms with E-state index >= 15 is 0 Å². The standard InChI is InChI=1S/C10H18N4O6/c1-5(17)13-7(4-16)10(20)12-2-8(18)14-6(3-15)9(11)19/h6-7,15-16H,2-4H2,1H3,(H2,11,19)(H,12,20)(H,13,17)(H,14,18). The molecule has 0 aliphatic rings. The van der Waals surface area contributed by atoms with Crippen LogP contribution < -0.4 is 21.7 Å². The summed E-state index contributed by atoms with van der Waals surface area (Å²) >= 11 is 0. The molecule has 2 unspecified atom stereocenters. The van der Waals surface area contributed by atoms with Crippen LogP contribution in [0.2, 0.25) is 0 Å². The van der Waals surface area contributed by atoms with Gasteiger partial charge >= 0.3 is 0 Å². The Morgan fingerprint density at radius 2 is 1.60 bits per heavy atom. The normalized spacial score (nSPS) is 12.9. The quantitative estimate of drug-likeness (QED) is 0.263. The average molecular weight is 290 g/mol. The van der Waals surface area contributed by atoms with Gasteiger partial charge in [0.1, 0.15) is 12.1 Å². The predicted molar refractivity (Wildman–Crippen MR) is 65.9 cm³/mol. The zero-order valence-corrected chi connectivity index (χ0v) is 10.9. The van der Waals surface area contributed by atoms with Crippen molar-refractivity contribution in [1.82, 2.24) is 16.0 Å². The van der Waals surface area contributed by atoms with Gasteiger partial charge in [-0.05, 0) is 0 Å². The summed E-state index contributed by atoms with van der Waals surface area (Å²) in [5.74, 6) is -2.95. The highest BCUT2D eigenvalue weighted by Crippen LogP contribution is 1.84. The Hall–Kier alpha value is -2.20. The molecule has 4 amide bonds. The number of rotatable bonds is 8. The van der Waals surface area contributed by atoms with Crippen LogP contribution in [0.3, 0.4) is 0 Å². The highest BCUT2D eigenvalue weighted by Gasteiger charge is 2.20. The minimum atomic E-state index is -1.25. The van der Waals surface area contributed by atoms with Crippen molar-refractivity contribution in [2.24, 2.45) is 5.73 Å². The SMILES string of the molecule is CC(=O)NC(CO)C(=O)NCC(=O)NC(CO)C(N)=O. The summed E-state index contributed by atoms with van der Waals surface area (Å²) in [4.78, 5) is 44.4. The molecule has 0 aromatic rings. The second-order valence-electron chi connectivity index (χ2n) is 3.86. The molecule has 20 heavy (non-hydrogen) atoms. The first kappa shape index (κ1) is 17.8. The molecule has 10 heteroatoms. The summed E-state index contributed by atoms with van der Waals surface area (Å²) in [5.41, 5.74) is 4.89. The number of hydrogen-bond donors (Lipinski definition) is 6. The van der Waals surface area contributed by atoms with E-state index in [0.717, 1.165) is 0 Å². The fraction of sp³-hybridized carbons (Fsp3) is 0.600. The summed E-state index contributed by atoms with van der Waals surface area (Å²) in [7, 11) is 0. The maximum absolute atomic E-state index is 11.5. The van der Waals surface area contributed by atoms with Crippen LogP contribution in [0.5, 0.6) is 0 Å². The van der Waals surface area contributed by atoms with Crippen LogP contribution in [0.15, 0.2) is 0 Å². The van der Waals surface area contributed by atoms with E-state index in [1.165, 1.54) is 6.92 Å². The molecule has 7 N–H and O–H groups in total. The van der Waals surface area contributed by atoms with Gasteiger partial charge in [0.2, 0.25) is 23.6 Å². The molecule has 2 atom stereocenters. The van der Waals surface area contributed by atoms with E-state index in [0.29, 0.717) is 0 Å². The summed E-state index contributed by atoms with van der Waals surface area (Å²) in [6.07, 6.45) is 0. The summed E-state index contributed by atoms with van der Waals surface area (Å²) in [6.45, 7) is -0.631. The Labute approximate surface area is 114 Å². The molecule has 0 aliphatic heterocycles. The number of hydrogen-bond acceptors (Lipinski definition) is 6. The Kier molecular flexibility index (Phi) is 7.85. The minimum absolute atomic E-state index is 0.501. The van der Waals surface area contributed by atoms with Crippen LogP contribution >= 0.6 is 0 Å². The molecule has 0 aromatic carbocycles. The maximum Gasteiger partial charge on any atom is 0.245 e. The molecule has 0 bridgehead atoms. The molecule has 0 saturated carbocycles. The number of carbonyl (C=O) groups excluding carboxylic acids is 4. The Morgan fingerprint density at radius 1 is 1.05 bits per heavy atom. The Morgan fingerprint density at radius 3 is 2.00 bits per heavy atom. The lowest BCUT2D eigenvalue weighted by Crippen LogP contribution is -2.53. The van der Waals surface area contributed by atoms with Crippen LogP contribution in [0, 0.1) is 0 Å². The van der Waals surface area contributed by atoms with Gasteiger partial charge in [-0.3, -0.25) is 19.2 Å². The molecular weight excluding hydrogens is 272 g/mol. The molecule has 0 saturated heterocycles. The molecule has 0 heterocycles. The molecule has 0 spiro atoms. The van der Waals surface area contributed by atoms with Crippen molar-refractivity contribution in [3.8, 4) is 0 Å². The van der Waals surface area contributed by atoms with Gasteiger partial charge in [-0.25, -0.2) is 0 Å². The van der Waals surface area contributed by atoms with Crippen molar-refractivity contribution < 1.29 is 29.4 Å². The molecule has 0 aliphatic carbocycles. The molecule has 0 radical (unpaired) electrons. The summed E-state index contributed by atoms with van der Waals surface area (Å²) in [6, 6.07) is -2.42. The van der Waals surface area contributed by atoms with E-state index in [1.54, 1.807) is 0 Å². The number of carbonyl (C=O) groups is 4. The number of aliphatic hydroxyl groups is 2. The number of amides is 4. The van der Waals surface area contributed by atoms with E-state index in [2.05, 4.69) is 16.0 Å². The van der Waals surface area contributed by atoms with E-state index in [4.69, 9.17) is 15.9 Å². The van der Waals surface area contributed by atoms with Crippen molar-refractivity contribution >= 4 is 23.6 Å². The number of aliphatic hydroxyl groups excluding tert-OH is 2. The van der Waals surface area contributed by atoms with Crippen LogP contribution in [0.4, 0.5) is 0 Å². The first-order valence-electron chi connectivity index (χ1n) is 5.67. The molecule has 0 fully saturated rings. The number of primary amides is 1. The van der Waals surface area contributed by atoms with Crippen LogP contribution in [0.1, 0.15) is 6.92 Å². The molecule has 10 nitrogen and oxygen atoms in total. The molecule has 114 valence electrons. The van der Waals surface area contributed by atoms with Crippen molar-refractivity contribution in [1.29, 1.82) is 0 Å². The van der Waals surface area contributed by atoms with E-state index in [9.17, 15) is 19.2 Å². The Balaban J connectivity index is 4.25. The van der Waals surface area contributed by atoms with Crippen molar-refractivity contribution in [2.45, 2.75) is 19.0 Å². The van der Waals surface area contributed by atoms with Gasteiger partial charge in [0, 0.05) is 6.92 Å². The van der Waals surface area contributed by atoms with Gasteiger partial charge in [-0.1, -0.05) is 0 Å². The molecule has 0 rings (SSSR count). The third-order valence-electron chi connectivity index (χ3n) is 2.16. The second kappa shape index (κ2) is 8.82. The summed E-state index contributed by atoms with van der Waals surface area (Å²) in [5, 5.41) is 24.1. The third kappa shape index (κ3) is 6.66. The predicted octanol–water partition coefficient (Wildman–Crippen LogP) is -4.44. The maximum atomic E-state index is 11.5. The average Bonchev–Trinajstić information content (AvgIpc) is 2.38. The van der Waals surface area contributed by atoms with E-state index in [1.807, 2.05) is 0 Å². The van der Waals surface area contributed by atoms with Crippen LogP contribution in [-0.4, -0.2) is 65.7 Å². The number of nitrogens with two attached hydrogens (primary N) is 1. The topological polar surface area (TPSA) is 171 Å². The second-order valence-corrected chi connectivity index (χ2v) is 3.86. The number of nitrogens with one attached hydrogen (secondary N) is 3. The van der Waals surface area contributed by atoms with E-state index < -0.39 is 55.5 Å². The highest BCUT2D eigenvalue weighted by atomic mass is 16.3. The third-order valence-corrected chi connectivity index (χ3v) is 2.16. The first-order valence-corrected chi connectivity index (χ1v) is 5.67. The fourth-order valence-corrected chi connectivity index (χ4v) is 1.18. The lowest BCUT2D eigenvalue weighted by Gasteiger charge is -2.16. The minimum Gasteiger partial charge on any atom is -0.394 e. The largest absolute Gasteiger partial charge is 0.394 e. The van der Waals surface area contributed by atoms with Gasteiger partial charge in [0.25, 0.3) is 0 Å². The van der Waals surface area contributed by atoms with Gasteiger partial charge in [-0.2, -0.15) is 0 Å². The fourth-order valence-electron chi connectivity index (χ4n) is 1.18.